The molecule has 0 aliphatic carbocycles. The average molecular weight is 365 g/mol. The molecule has 0 aliphatic heterocycles. The monoisotopic (exact) mass is 365 g/mol. The number of hydrogen-bond donors (Lipinski definition) is 1. The molecule has 0 atom stereocenters. The van der Waals surface area contributed by atoms with Crippen LogP contribution in [0.4, 0.5) is 0 Å². The molecule has 26 heavy (non-hydrogen) atoms. The van der Waals surface area contributed by atoms with Crippen LogP contribution in [0.2, 0.25) is 0 Å². The number of aryl methyl sites for hydroxylation is 1. The molecule has 0 unspecified atom stereocenters. The van der Waals surface area contributed by atoms with Gasteiger partial charge >= 0.3 is 5.97 Å². The summed E-state index contributed by atoms with van der Waals surface area (Å²) in [7, 11) is 0. The summed E-state index contributed by atoms with van der Waals surface area (Å²) in [5, 5.41) is 15.5. The normalized spacial score (nSPS) is 10.7. The van der Waals surface area contributed by atoms with Crippen molar-refractivity contribution in [1.29, 1.82) is 0 Å². The third kappa shape index (κ3) is 3.86. The maximum absolute atomic E-state index is 11.4. The molecule has 3 aromatic rings. The summed E-state index contributed by atoms with van der Waals surface area (Å²) in [6, 6.07) is 14.9. The zero-order valence-electron chi connectivity index (χ0n) is 14.4. The summed E-state index contributed by atoms with van der Waals surface area (Å²) in [4.78, 5) is 15.9. The van der Waals surface area contributed by atoms with Crippen LogP contribution in [0.5, 0.6) is 0 Å². The van der Waals surface area contributed by atoms with Crippen LogP contribution < -0.4 is 0 Å². The van der Waals surface area contributed by atoms with Crippen molar-refractivity contribution >= 4 is 23.6 Å². The van der Waals surface area contributed by atoms with Gasteiger partial charge in [0.15, 0.2) is 5.82 Å². The van der Waals surface area contributed by atoms with Crippen molar-refractivity contribution in [2.45, 2.75) is 26.3 Å². The molecular formula is C20H19N3O2S. The minimum atomic E-state index is -0.925. The van der Waals surface area contributed by atoms with Gasteiger partial charge in [-0.25, -0.2) is 14.5 Å². The van der Waals surface area contributed by atoms with E-state index in [-0.39, 0.29) is 0 Å². The van der Waals surface area contributed by atoms with Gasteiger partial charge in [0.05, 0.1) is 12.1 Å². The highest BCUT2D eigenvalue weighted by Crippen LogP contribution is 2.24. The fourth-order valence-electron chi connectivity index (χ4n) is 2.86. The van der Waals surface area contributed by atoms with Gasteiger partial charge in [0, 0.05) is 12.8 Å². The minimum absolute atomic E-state index is 0.301. The number of carbonyl (C=O) groups is 1. The smallest absolute Gasteiger partial charge is 0.336 e. The Labute approximate surface area is 157 Å². The van der Waals surface area contributed by atoms with E-state index in [9.17, 15) is 9.90 Å². The number of carboxylic acids is 1. The van der Waals surface area contributed by atoms with E-state index in [2.05, 4.69) is 10.1 Å². The summed E-state index contributed by atoms with van der Waals surface area (Å²) >= 11 is 4.89. The highest BCUT2D eigenvalue weighted by atomic mass is 32.1. The maximum atomic E-state index is 11.4. The summed E-state index contributed by atoms with van der Waals surface area (Å²) in [6.45, 7) is 2.67. The Kier molecular flexibility index (Phi) is 5.53. The highest BCUT2D eigenvalue weighted by molar-refractivity contribution is 7.78. The van der Waals surface area contributed by atoms with Crippen molar-refractivity contribution in [2.75, 3.05) is 0 Å². The van der Waals surface area contributed by atoms with Crippen LogP contribution in [0.25, 0.3) is 11.1 Å². The van der Waals surface area contributed by atoms with Gasteiger partial charge in [-0.2, -0.15) is 5.10 Å². The number of thiocarbonyl (C=S) groups is 1. The molecule has 132 valence electrons. The van der Waals surface area contributed by atoms with Gasteiger partial charge in [-0.1, -0.05) is 61.6 Å². The van der Waals surface area contributed by atoms with E-state index in [4.69, 9.17) is 12.2 Å². The summed E-state index contributed by atoms with van der Waals surface area (Å²) in [5.41, 5.74) is 2.97. The van der Waals surface area contributed by atoms with Crippen LogP contribution in [0.3, 0.4) is 0 Å². The lowest BCUT2D eigenvalue weighted by atomic mass is 9.99. The molecule has 0 aliphatic rings. The molecule has 0 saturated heterocycles. The summed E-state index contributed by atoms with van der Waals surface area (Å²) in [5.74, 6) is 0.743. The number of hydrogen-bond acceptors (Lipinski definition) is 4. The highest BCUT2D eigenvalue weighted by Gasteiger charge is 2.11. The molecule has 6 heteroatoms. The molecule has 0 amide bonds. The van der Waals surface area contributed by atoms with Gasteiger partial charge in [-0.15, -0.1) is 0 Å². The summed E-state index contributed by atoms with van der Waals surface area (Å²) in [6.07, 6.45) is 1.38. The quantitative estimate of drug-likeness (QED) is 0.645. The second-order valence-electron chi connectivity index (χ2n) is 5.87. The molecule has 1 heterocycles. The van der Waals surface area contributed by atoms with Crippen molar-refractivity contribution in [2.24, 2.45) is 0 Å². The number of rotatable bonds is 7. The SMILES string of the molecule is CCc1nc(CC=S)nn1Cc1ccc(-c2ccccc2C(=O)O)cc1. The van der Waals surface area contributed by atoms with E-state index in [1.807, 2.05) is 48.0 Å². The van der Waals surface area contributed by atoms with Crippen LogP contribution in [0.1, 0.15) is 34.5 Å². The Morgan fingerprint density at radius 1 is 1.19 bits per heavy atom. The Hall–Kier alpha value is -2.86. The lowest BCUT2D eigenvalue weighted by Crippen LogP contribution is -2.06. The predicted molar refractivity (Wildman–Crippen MR) is 105 cm³/mol. The molecule has 1 N–H and O–H groups in total. The number of benzene rings is 2. The van der Waals surface area contributed by atoms with Gasteiger partial charge in [-0.05, 0) is 28.1 Å². The van der Waals surface area contributed by atoms with Crippen molar-refractivity contribution in [1.82, 2.24) is 14.8 Å². The van der Waals surface area contributed by atoms with E-state index in [1.54, 1.807) is 17.5 Å². The van der Waals surface area contributed by atoms with E-state index < -0.39 is 5.97 Å². The average Bonchev–Trinajstić information content (AvgIpc) is 3.04. The first-order valence-electron chi connectivity index (χ1n) is 8.40. The lowest BCUT2D eigenvalue weighted by molar-refractivity contribution is 0.0697. The van der Waals surface area contributed by atoms with Crippen LogP contribution in [-0.4, -0.2) is 31.2 Å². The third-order valence-electron chi connectivity index (χ3n) is 4.13. The zero-order valence-corrected chi connectivity index (χ0v) is 15.2. The first-order valence-corrected chi connectivity index (χ1v) is 8.87. The lowest BCUT2D eigenvalue weighted by Gasteiger charge is -2.08. The Morgan fingerprint density at radius 2 is 1.92 bits per heavy atom. The number of aromatic nitrogens is 3. The van der Waals surface area contributed by atoms with E-state index >= 15 is 0 Å². The van der Waals surface area contributed by atoms with Gasteiger partial charge < -0.3 is 5.11 Å². The molecule has 0 fully saturated rings. The number of nitrogens with zero attached hydrogens (tertiary/aromatic N) is 3. The van der Waals surface area contributed by atoms with Crippen molar-refractivity contribution in [3.8, 4) is 11.1 Å². The number of aromatic carboxylic acids is 1. The predicted octanol–water partition coefficient (Wildman–Crippen LogP) is 3.80. The van der Waals surface area contributed by atoms with Gasteiger partial charge in [0.1, 0.15) is 5.82 Å². The molecule has 0 spiro atoms. The van der Waals surface area contributed by atoms with Crippen molar-refractivity contribution in [3.05, 3.63) is 71.3 Å². The summed E-state index contributed by atoms with van der Waals surface area (Å²) < 4.78 is 1.90. The fourth-order valence-corrected chi connectivity index (χ4v) is 3.01. The van der Waals surface area contributed by atoms with Gasteiger partial charge in [-0.3, -0.25) is 0 Å². The fraction of sp³-hybridized carbons (Fsp3) is 0.200. The molecule has 0 saturated carbocycles. The molecule has 3 rings (SSSR count). The van der Waals surface area contributed by atoms with Crippen molar-refractivity contribution < 1.29 is 9.90 Å². The van der Waals surface area contributed by atoms with E-state index in [0.29, 0.717) is 24.1 Å². The second-order valence-corrected chi connectivity index (χ2v) is 6.21. The molecule has 1 aromatic heterocycles. The molecule has 0 bridgehead atoms. The standard InChI is InChI=1S/C20H19N3O2S/c1-2-19-21-18(11-12-26)22-23(19)13-14-7-9-15(10-8-14)16-5-3-4-6-17(16)20(24)25/h3-10,12H,2,11,13H2,1H3,(H,24,25). The molecule has 5 nitrogen and oxygen atoms in total. The van der Waals surface area contributed by atoms with Crippen LogP contribution in [0.15, 0.2) is 48.5 Å². The second kappa shape index (κ2) is 8.01. The van der Waals surface area contributed by atoms with Crippen LogP contribution >= 0.6 is 12.2 Å². The Morgan fingerprint density at radius 3 is 2.58 bits per heavy atom. The molecular weight excluding hydrogens is 346 g/mol. The first-order chi connectivity index (χ1) is 12.6. The maximum Gasteiger partial charge on any atom is 0.336 e. The minimum Gasteiger partial charge on any atom is -0.478 e. The van der Waals surface area contributed by atoms with Crippen LogP contribution in [0, 0.1) is 0 Å². The van der Waals surface area contributed by atoms with Crippen molar-refractivity contribution in [3.63, 3.8) is 0 Å². The first kappa shape index (κ1) is 17.9. The van der Waals surface area contributed by atoms with Crippen LogP contribution in [-0.2, 0) is 19.4 Å². The van der Waals surface area contributed by atoms with Gasteiger partial charge in [0.25, 0.3) is 0 Å². The zero-order chi connectivity index (χ0) is 18.5. The topological polar surface area (TPSA) is 68.0 Å². The Bertz CT molecular complexity index is 932. The Balaban J connectivity index is 1.85. The third-order valence-corrected chi connectivity index (χ3v) is 4.30. The van der Waals surface area contributed by atoms with Gasteiger partial charge in [0.2, 0.25) is 0 Å². The number of carboxylic acid groups (broad SMARTS) is 1. The molecule has 0 radical (unpaired) electrons. The molecule has 2 aromatic carbocycles. The van der Waals surface area contributed by atoms with E-state index in [0.717, 1.165) is 29.2 Å². The van der Waals surface area contributed by atoms with E-state index in [1.165, 1.54) is 0 Å². The largest absolute Gasteiger partial charge is 0.478 e.